The van der Waals surface area contributed by atoms with Crippen LogP contribution in [0.1, 0.15) is 63.8 Å². The Morgan fingerprint density at radius 2 is 1.26 bits per heavy atom. The van der Waals surface area contributed by atoms with Crippen LogP contribution in [-0.4, -0.2) is 0 Å². The van der Waals surface area contributed by atoms with E-state index < -0.39 is 0 Å². The van der Waals surface area contributed by atoms with Crippen LogP contribution in [-0.2, 0) is 10.8 Å². The molecule has 124 valence electrons. The summed E-state index contributed by atoms with van der Waals surface area (Å²) < 4.78 is 0. The van der Waals surface area contributed by atoms with Gasteiger partial charge < -0.3 is 0 Å². The van der Waals surface area contributed by atoms with Gasteiger partial charge in [-0.1, -0.05) is 71.9 Å². The minimum Gasteiger partial charge on any atom is -0.105 e. The Labute approximate surface area is 144 Å². The molecular weight excluding hydrogens is 295 g/mol. The molecule has 1 atom stereocenters. The summed E-state index contributed by atoms with van der Waals surface area (Å²) in [5, 5.41) is 1.35. The van der Waals surface area contributed by atoms with Gasteiger partial charge in [-0.05, 0) is 63.4 Å². The molecule has 0 aliphatic heterocycles. The predicted octanol–water partition coefficient (Wildman–Crippen LogP) is 6.07. The van der Waals surface area contributed by atoms with E-state index in [0.717, 1.165) is 0 Å². The van der Waals surface area contributed by atoms with Gasteiger partial charge in [0.1, 0.15) is 0 Å². The molecule has 0 N–H and O–H groups in total. The van der Waals surface area contributed by atoms with Crippen molar-refractivity contribution in [3.63, 3.8) is 0 Å². The number of rotatable bonds is 1. The average molecular weight is 326 g/mol. The Morgan fingerprint density at radius 1 is 0.739 bits per heavy atom. The molecule has 0 saturated heterocycles. The Bertz CT molecular complexity index is 705. The molecule has 0 spiro atoms. The molecule has 2 rings (SSSR count). The van der Waals surface area contributed by atoms with Crippen LogP contribution in [0.2, 0.25) is 0 Å². The molecule has 0 fully saturated rings. The van der Waals surface area contributed by atoms with Crippen LogP contribution in [0.25, 0.3) is 11.1 Å². The fourth-order valence-corrected chi connectivity index (χ4v) is 4.34. The van der Waals surface area contributed by atoms with Crippen LogP contribution in [0, 0.1) is 13.8 Å². The van der Waals surface area contributed by atoms with Crippen LogP contribution in [0.15, 0.2) is 30.3 Å². The van der Waals surface area contributed by atoms with Gasteiger partial charge >= 0.3 is 0 Å². The molecule has 1 heteroatoms. The van der Waals surface area contributed by atoms with Crippen LogP contribution < -0.4 is 5.30 Å². The van der Waals surface area contributed by atoms with Crippen LogP contribution in [0.3, 0.4) is 0 Å². The number of hydrogen-bond donors (Lipinski definition) is 0. The van der Waals surface area contributed by atoms with Crippen molar-refractivity contribution < 1.29 is 0 Å². The van der Waals surface area contributed by atoms with Crippen LogP contribution in [0.4, 0.5) is 0 Å². The van der Waals surface area contributed by atoms with Gasteiger partial charge in [0.2, 0.25) is 0 Å². The van der Waals surface area contributed by atoms with Crippen molar-refractivity contribution in [2.45, 2.75) is 66.2 Å². The third-order valence-corrected chi connectivity index (χ3v) is 5.15. The smallest absolute Gasteiger partial charge is 0.0104 e. The highest BCUT2D eigenvalue weighted by Gasteiger charge is 2.28. The molecule has 0 aliphatic rings. The van der Waals surface area contributed by atoms with Crippen molar-refractivity contribution in [1.82, 2.24) is 0 Å². The third-order valence-electron chi connectivity index (χ3n) is 4.55. The topological polar surface area (TPSA) is 0 Å². The van der Waals surface area contributed by atoms with E-state index in [4.69, 9.17) is 0 Å². The zero-order valence-electron chi connectivity index (χ0n) is 16.0. The Morgan fingerprint density at radius 3 is 1.70 bits per heavy atom. The summed E-state index contributed by atoms with van der Waals surface area (Å²) in [6, 6.07) is 11.2. The number of hydrogen-bond acceptors (Lipinski definition) is 0. The van der Waals surface area contributed by atoms with Gasteiger partial charge in [0.15, 0.2) is 0 Å². The lowest BCUT2D eigenvalue weighted by atomic mass is 9.74. The molecule has 0 radical (unpaired) electrons. The molecule has 0 amide bonds. The molecule has 0 heterocycles. The minimum absolute atomic E-state index is 0.117. The van der Waals surface area contributed by atoms with E-state index in [1.54, 1.807) is 0 Å². The highest BCUT2D eigenvalue weighted by molar-refractivity contribution is 7.28. The van der Waals surface area contributed by atoms with E-state index in [0.29, 0.717) is 0 Å². The van der Waals surface area contributed by atoms with E-state index in [1.165, 1.54) is 38.7 Å². The minimum atomic E-state index is 0.117. The molecule has 0 aliphatic carbocycles. The summed E-state index contributed by atoms with van der Waals surface area (Å²) in [5.41, 5.74) is 8.60. The summed E-state index contributed by atoms with van der Waals surface area (Å²) >= 11 is 0. The second-order valence-corrected chi connectivity index (χ2v) is 9.29. The predicted molar refractivity (Wildman–Crippen MR) is 108 cm³/mol. The summed E-state index contributed by atoms with van der Waals surface area (Å²) in [7, 11) is 3.04. The van der Waals surface area contributed by atoms with Crippen LogP contribution >= 0.6 is 9.24 Å². The number of benzene rings is 2. The molecule has 0 aromatic heterocycles. The van der Waals surface area contributed by atoms with Crippen molar-refractivity contribution in [1.29, 1.82) is 0 Å². The Kier molecular flexibility index (Phi) is 4.80. The third kappa shape index (κ3) is 3.53. The maximum atomic E-state index is 3.04. The van der Waals surface area contributed by atoms with Gasteiger partial charge in [-0.15, -0.1) is 9.24 Å². The lowest BCUT2D eigenvalue weighted by Crippen LogP contribution is -2.28. The highest BCUT2D eigenvalue weighted by Crippen LogP contribution is 2.37. The molecule has 23 heavy (non-hydrogen) atoms. The summed E-state index contributed by atoms with van der Waals surface area (Å²) in [5.74, 6) is 0. The van der Waals surface area contributed by atoms with Crippen molar-refractivity contribution >= 4 is 14.5 Å². The second kappa shape index (κ2) is 6.06. The summed E-state index contributed by atoms with van der Waals surface area (Å²) in [4.78, 5) is 0. The largest absolute Gasteiger partial charge is 0.105 e. The van der Waals surface area contributed by atoms with Gasteiger partial charge in [0, 0.05) is 0 Å². The molecular formula is C22H31P. The molecule has 1 unspecified atom stereocenters. The van der Waals surface area contributed by atoms with Gasteiger partial charge in [0.05, 0.1) is 0 Å². The Hall–Kier alpha value is -1.13. The first-order valence-corrected chi connectivity index (χ1v) is 9.02. The zero-order valence-corrected chi connectivity index (χ0v) is 17.1. The molecule has 0 nitrogen and oxygen atoms in total. The highest BCUT2D eigenvalue weighted by atomic mass is 31.0. The summed E-state index contributed by atoms with van der Waals surface area (Å²) in [6.07, 6.45) is 0. The normalized spacial score (nSPS) is 12.6. The first-order chi connectivity index (χ1) is 10.4. The van der Waals surface area contributed by atoms with Gasteiger partial charge in [-0.3, -0.25) is 0 Å². The first-order valence-electron chi connectivity index (χ1n) is 8.44. The molecule has 2 aromatic rings. The van der Waals surface area contributed by atoms with E-state index >= 15 is 0 Å². The van der Waals surface area contributed by atoms with Crippen molar-refractivity contribution in [2.75, 3.05) is 0 Å². The maximum absolute atomic E-state index is 3.04. The van der Waals surface area contributed by atoms with Crippen molar-refractivity contribution in [3.8, 4) is 11.1 Å². The van der Waals surface area contributed by atoms with Crippen molar-refractivity contribution in [3.05, 3.63) is 52.6 Å². The van der Waals surface area contributed by atoms with Gasteiger partial charge in [0.25, 0.3) is 0 Å². The second-order valence-electron chi connectivity index (χ2n) is 8.72. The van der Waals surface area contributed by atoms with Gasteiger partial charge in [-0.2, -0.15) is 0 Å². The average Bonchev–Trinajstić information content (AvgIpc) is 2.37. The fraction of sp³-hybridized carbons (Fsp3) is 0.455. The first kappa shape index (κ1) is 18.2. The number of aryl methyl sites for hydroxylation is 2. The fourth-order valence-electron chi connectivity index (χ4n) is 3.51. The molecule has 2 aromatic carbocycles. The van der Waals surface area contributed by atoms with E-state index in [1.807, 2.05) is 0 Å². The lowest BCUT2D eigenvalue weighted by Gasteiger charge is -2.33. The molecule has 0 saturated carbocycles. The van der Waals surface area contributed by atoms with E-state index in [2.05, 4.69) is 95.0 Å². The summed E-state index contributed by atoms with van der Waals surface area (Å²) in [6.45, 7) is 18.3. The monoisotopic (exact) mass is 326 g/mol. The van der Waals surface area contributed by atoms with E-state index in [-0.39, 0.29) is 10.8 Å². The quantitative estimate of drug-likeness (QED) is 0.558. The SMILES string of the molecule is Cc1cccc(C)c1-c1ccc(C(C)(C)C)c(C(C)(C)C)c1P. The zero-order chi connectivity index (χ0) is 17.6. The maximum Gasteiger partial charge on any atom is -0.0104 e. The Balaban J connectivity index is 2.85. The molecule has 0 bridgehead atoms. The van der Waals surface area contributed by atoms with Crippen LogP contribution in [0.5, 0.6) is 0 Å². The van der Waals surface area contributed by atoms with E-state index in [9.17, 15) is 0 Å². The lowest BCUT2D eigenvalue weighted by molar-refractivity contribution is 0.533. The van der Waals surface area contributed by atoms with Crippen molar-refractivity contribution in [2.24, 2.45) is 0 Å². The van der Waals surface area contributed by atoms with Gasteiger partial charge in [-0.25, -0.2) is 0 Å². The standard InChI is InChI=1S/C22H31P/c1-14-10-9-11-15(2)18(14)16-12-13-17(21(3,4)5)19(20(16)23)22(6,7)8/h9-13H,23H2,1-8H3.